The zero-order valence-electron chi connectivity index (χ0n) is 22.6. The van der Waals surface area contributed by atoms with Gasteiger partial charge in [0.1, 0.15) is 6.07 Å². The Morgan fingerprint density at radius 3 is 2.66 bits per heavy atom. The normalized spacial score (nSPS) is 17.6. The van der Waals surface area contributed by atoms with Crippen LogP contribution >= 0.6 is 0 Å². The van der Waals surface area contributed by atoms with Crippen LogP contribution in [0.5, 0.6) is 0 Å². The highest BCUT2D eigenvalue weighted by atomic mass is 16.5. The highest BCUT2D eigenvalue weighted by Gasteiger charge is 2.42. The molecule has 0 fully saturated rings. The van der Waals surface area contributed by atoms with Crippen LogP contribution < -0.4 is 10.6 Å². The van der Waals surface area contributed by atoms with Crippen molar-refractivity contribution in [2.75, 3.05) is 18.5 Å². The Bertz CT molecular complexity index is 1220. The Hall–Kier alpha value is -4.17. The summed E-state index contributed by atoms with van der Waals surface area (Å²) in [5.41, 5.74) is 2.19. The highest BCUT2D eigenvalue weighted by Crippen LogP contribution is 2.42. The molecule has 0 radical (unpaired) electrons. The van der Waals surface area contributed by atoms with E-state index in [1.165, 1.54) is 0 Å². The fourth-order valence-corrected chi connectivity index (χ4v) is 4.12. The molecule has 8 nitrogen and oxygen atoms in total. The van der Waals surface area contributed by atoms with Crippen LogP contribution in [0.1, 0.15) is 64.5 Å². The largest absolute Gasteiger partial charge is 0.500 e. The lowest BCUT2D eigenvalue weighted by atomic mass is 9.73. The first-order valence-corrected chi connectivity index (χ1v) is 12.9. The van der Waals surface area contributed by atoms with Crippen molar-refractivity contribution in [1.29, 1.82) is 10.5 Å². The van der Waals surface area contributed by atoms with E-state index in [1.54, 1.807) is 48.8 Å². The summed E-state index contributed by atoms with van der Waals surface area (Å²) in [6, 6.07) is 8.72. The molecule has 1 aromatic carbocycles. The van der Waals surface area contributed by atoms with E-state index in [0.717, 1.165) is 24.0 Å². The predicted molar refractivity (Wildman–Crippen MR) is 145 cm³/mol. The summed E-state index contributed by atoms with van der Waals surface area (Å²) >= 11 is 0. The first-order valence-electron chi connectivity index (χ1n) is 12.9. The molecule has 0 saturated heterocycles. The van der Waals surface area contributed by atoms with E-state index < -0.39 is 17.1 Å². The number of aryl methyl sites for hydroxylation is 1. The molecule has 0 saturated carbocycles. The maximum Gasteiger partial charge on any atom is 0.251 e. The number of hydrogen-bond donors (Lipinski definition) is 2. The third kappa shape index (κ3) is 7.91. The number of Topliss-reactive ketones (excluding diaryl/α,β-unsaturated/α-hetero) is 1. The number of nitrogens with one attached hydrogen (secondary N) is 2. The smallest absolute Gasteiger partial charge is 0.251 e. The first-order chi connectivity index (χ1) is 18.2. The Balaban J connectivity index is 2.26. The molecule has 1 aliphatic heterocycles. The molecule has 2 atom stereocenters. The van der Waals surface area contributed by atoms with Gasteiger partial charge in [0.25, 0.3) is 5.91 Å². The van der Waals surface area contributed by atoms with Crippen molar-refractivity contribution in [3.63, 3.8) is 0 Å². The van der Waals surface area contributed by atoms with Gasteiger partial charge >= 0.3 is 0 Å². The van der Waals surface area contributed by atoms with E-state index in [2.05, 4.69) is 23.6 Å². The molecule has 2 unspecified atom stereocenters. The van der Waals surface area contributed by atoms with Crippen molar-refractivity contribution < 1.29 is 19.1 Å². The SMILES string of the molecule is C/C=C\C(=C/C1=COCC1(C)C(C)C(=O)Nc1cc(C#N)ccc1CCCC(=O)C#N)C(=O)NCCCC. The number of amides is 2. The van der Waals surface area contributed by atoms with Gasteiger partial charge in [-0.3, -0.25) is 14.4 Å². The van der Waals surface area contributed by atoms with E-state index in [-0.39, 0.29) is 24.8 Å². The molecule has 8 heteroatoms. The molecule has 1 aliphatic rings. The van der Waals surface area contributed by atoms with Crippen LogP contribution in [0.15, 0.2) is 53.8 Å². The number of allylic oxidation sites excluding steroid dienone is 2. The van der Waals surface area contributed by atoms with E-state index in [0.29, 0.717) is 36.2 Å². The van der Waals surface area contributed by atoms with Gasteiger partial charge in [-0.25, -0.2) is 0 Å². The maximum absolute atomic E-state index is 13.5. The van der Waals surface area contributed by atoms with Gasteiger partial charge in [0.15, 0.2) is 0 Å². The van der Waals surface area contributed by atoms with E-state index in [1.807, 2.05) is 20.8 Å². The van der Waals surface area contributed by atoms with Gasteiger partial charge in [-0.1, -0.05) is 45.4 Å². The average molecular weight is 517 g/mol. The lowest BCUT2D eigenvalue weighted by Gasteiger charge is -2.31. The first kappa shape index (κ1) is 30.1. The molecule has 2 N–H and O–H groups in total. The number of hydrogen-bond acceptors (Lipinski definition) is 6. The molecule has 200 valence electrons. The molecule has 0 bridgehead atoms. The van der Waals surface area contributed by atoms with Crippen LogP contribution in [0, 0.1) is 34.0 Å². The van der Waals surface area contributed by atoms with Crippen molar-refractivity contribution in [3.8, 4) is 12.1 Å². The molecule has 2 amide bonds. The van der Waals surface area contributed by atoms with E-state index in [4.69, 9.17) is 10.00 Å². The van der Waals surface area contributed by atoms with E-state index >= 15 is 0 Å². The van der Waals surface area contributed by atoms with Gasteiger partial charge in [0.2, 0.25) is 11.7 Å². The van der Waals surface area contributed by atoms with Crippen LogP contribution in [0.3, 0.4) is 0 Å². The highest BCUT2D eigenvalue weighted by molar-refractivity contribution is 5.97. The monoisotopic (exact) mass is 516 g/mol. The number of carbonyl (C=O) groups excluding carboxylic acids is 3. The van der Waals surface area contributed by atoms with Crippen molar-refractivity contribution >= 4 is 23.3 Å². The topological polar surface area (TPSA) is 132 Å². The predicted octanol–water partition coefficient (Wildman–Crippen LogP) is 4.89. The summed E-state index contributed by atoms with van der Waals surface area (Å²) in [4.78, 5) is 37.6. The standard InChI is InChI=1S/C30H36N4O4/c1-5-7-14-33-29(37)24(9-6-2)16-25-19-38-20-30(25,4)21(3)28(36)34-27-15-22(17-31)12-13-23(27)10-8-11-26(35)18-32/h6,9,12-13,15-16,19,21H,5,7-8,10-11,14,20H2,1-4H3,(H,33,37)(H,34,36)/b9-6-,24-16+. The van der Waals surface area contributed by atoms with Crippen LogP contribution in [-0.4, -0.2) is 30.7 Å². The molecular weight excluding hydrogens is 480 g/mol. The number of unbranched alkanes of at least 4 members (excludes halogenated alkanes) is 1. The molecule has 0 spiro atoms. The van der Waals surface area contributed by atoms with Crippen molar-refractivity contribution in [3.05, 3.63) is 65.0 Å². The molecule has 38 heavy (non-hydrogen) atoms. The Morgan fingerprint density at radius 1 is 1.24 bits per heavy atom. The minimum absolute atomic E-state index is 0.122. The number of benzene rings is 1. The summed E-state index contributed by atoms with van der Waals surface area (Å²) in [6.45, 7) is 8.49. The van der Waals surface area contributed by atoms with Crippen LogP contribution in [0.2, 0.25) is 0 Å². The van der Waals surface area contributed by atoms with Gasteiger partial charge in [-0.2, -0.15) is 10.5 Å². The number of anilines is 1. The number of carbonyl (C=O) groups is 3. The molecule has 0 aromatic heterocycles. The molecular formula is C30H36N4O4. The number of ether oxygens (including phenoxy) is 1. The summed E-state index contributed by atoms with van der Waals surface area (Å²) in [6.07, 6.45) is 9.81. The minimum atomic E-state index is -0.702. The molecule has 0 aliphatic carbocycles. The summed E-state index contributed by atoms with van der Waals surface area (Å²) in [5, 5.41) is 24.0. The number of ketones is 1. The Kier molecular flexibility index (Phi) is 11.5. The van der Waals surface area contributed by atoms with Gasteiger partial charge in [0, 0.05) is 35.6 Å². The fourth-order valence-electron chi connectivity index (χ4n) is 4.12. The maximum atomic E-state index is 13.5. The van der Waals surface area contributed by atoms with Crippen molar-refractivity contribution in [2.45, 2.75) is 59.8 Å². The number of nitriles is 2. The third-order valence-corrected chi connectivity index (χ3v) is 6.81. The molecule has 1 aromatic rings. The van der Waals surface area contributed by atoms with Crippen LogP contribution in [-0.2, 0) is 25.5 Å². The van der Waals surface area contributed by atoms with Gasteiger partial charge in [-0.15, -0.1) is 0 Å². The second-order valence-corrected chi connectivity index (χ2v) is 9.59. The summed E-state index contributed by atoms with van der Waals surface area (Å²) in [7, 11) is 0. The lowest BCUT2D eigenvalue weighted by Crippen LogP contribution is -2.37. The molecule has 1 heterocycles. The van der Waals surface area contributed by atoms with Gasteiger partial charge in [0.05, 0.1) is 24.5 Å². The van der Waals surface area contributed by atoms with Crippen molar-refractivity contribution in [1.82, 2.24) is 5.32 Å². The summed E-state index contributed by atoms with van der Waals surface area (Å²) < 4.78 is 5.65. The second kappa shape index (κ2) is 14.5. The fraction of sp³-hybridized carbons (Fsp3) is 0.433. The Labute approximate surface area is 225 Å². The lowest BCUT2D eigenvalue weighted by molar-refractivity contribution is -0.122. The van der Waals surface area contributed by atoms with Crippen LogP contribution in [0.25, 0.3) is 0 Å². The van der Waals surface area contributed by atoms with Gasteiger partial charge in [-0.05, 0) is 55.5 Å². The quantitative estimate of drug-likeness (QED) is 0.166. The second-order valence-electron chi connectivity index (χ2n) is 9.59. The van der Waals surface area contributed by atoms with Crippen LogP contribution in [0.4, 0.5) is 5.69 Å². The number of nitrogens with zero attached hydrogens (tertiary/aromatic N) is 2. The Morgan fingerprint density at radius 2 is 2.00 bits per heavy atom. The van der Waals surface area contributed by atoms with Gasteiger partial charge < -0.3 is 15.4 Å². The minimum Gasteiger partial charge on any atom is -0.500 e. The zero-order valence-corrected chi connectivity index (χ0v) is 22.6. The van der Waals surface area contributed by atoms with E-state index in [9.17, 15) is 19.6 Å². The third-order valence-electron chi connectivity index (χ3n) is 6.81. The number of rotatable bonds is 13. The molecule has 2 rings (SSSR count). The summed E-state index contributed by atoms with van der Waals surface area (Å²) in [5.74, 6) is -1.48. The zero-order chi connectivity index (χ0) is 28.1. The van der Waals surface area contributed by atoms with Crippen molar-refractivity contribution in [2.24, 2.45) is 11.3 Å². The average Bonchev–Trinajstić information content (AvgIpc) is 3.29.